The van der Waals surface area contributed by atoms with Gasteiger partial charge in [-0.3, -0.25) is 0 Å². The van der Waals surface area contributed by atoms with Crippen LogP contribution in [0.2, 0.25) is 0 Å². The van der Waals surface area contributed by atoms with Crippen LogP contribution in [-0.2, 0) is 0 Å². The molecule has 0 bridgehead atoms. The molecule has 1 nitrogen and oxygen atoms in total. The minimum Gasteiger partial charge on any atom is -0.330 e. The van der Waals surface area contributed by atoms with Gasteiger partial charge in [0.1, 0.15) is 0 Å². The Kier molecular flexibility index (Phi) is 2.40. The van der Waals surface area contributed by atoms with Crippen LogP contribution in [0.25, 0.3) is 0 Å². The molecule has 2 aliphatic carbocycles. The number of nitrogens with two attached hydrogens (primary N) is 1. The van der Waals surface area contributed by atoms with E-state index in [0.29, 0.717) is 0 Å². The van der Waals surface area contributed by atoms with Crippen molar-refractivity contribution in [3.05, 3.63) is 0 Å². The molecule has 2 aliphatic rings. The summed E-state index contributed by atoms with van der Waals surface area (Å²) in [6.45, 7) is 0.913. The van der Waals surface area contributed by atoms with Crippen LogP contribution in [0.5, 0.6) is 0 Å². The first kappa shape index (κ1) is 8.55. The van der Waals surface area contributed by atoms with Crippen LogP contribution >= 0.6 is 0 Å². The van der Waals surface area contributed by atoms with Crippen LogP contribution in [0.1, 0.15) is 51.4 Å². The van der Waals surface area contributed by atoms with Crippen LogP contribution in [0.15, 0.2) is 0 Å². The third-order valence-corrected chi connectivity index (χ3v) is 4.21. The molecule has 0 aliphatic heterocycles. The van der Waals surface area contributed by atoms with E-state index in [-0.39, 0.29) is 0 Å². The summed E-state index contributed by atoms with van der Waals surface area (Å²) in [4.78, 5) is 0. The normalized spacial score (nSPS) is 28.8. The lowest BCUT2D eigenvalue weighted by Gasteiger charge is -2.47. The first-order valence-electron chi connectivity index (χ1n) is 5.57. The largest absolute Gasteiger partial charge is 0.330 e. The fraction of sp³-hybridized carbons (Fsp3) is 1.00. The third-order valence-electron chi connectivity index (χ3n) is 4.21. The topological polar surface area (TPSA) is 26.0 Å². The van der Waals surface area contributed by atoms with Gasteiger partial charge < -0.3 is 5.73 Å². The molecule has 2 rings (SSSR count). The van der Waals surface area contributed by atoms with Gasteiger partial charge in [-0.1, -0.05) is 19.3 Å². The van der Waals surface area contributed by atoms with Gasteiger partial charge in [0.15, 0.2) is 0 Å². The van der Waals surface area contributed by atoms with Crippen LogP contribution in [0.4, 0.5) is 0 Å². The van der Waals surface area contributed by atoms with Gasteiger partial charge in [-0.05, 0) is 50.0 Å². The van der Waals surface area contributed by atoms with E-state index in [2.05, 4.69) is 0 Å². The van der Waals surface area contributed by atoms with E-state index in [1.54, 1.807) is 0 Å². The molecule has 2 saturated carbocycles. The fourth-order valence-corrected chi connectivity index (χ4v) is 3.32. The highest BCUT2D eigenvalue weighted by Crippen LogP contribution is 2.54. The Hall–Kier alpha value is -0.0400. The molecule has 70 valence electrons. The average Bonchev–Trinajstić information content (AvgIpc) is 2.48. The molecule has 0 atom stereocenters. The molecule has 0 heterocycles. The summed E-state index contributed by atoms with van der Waals surface area (Å²) in [5, 5.41) is 0. The quantitative estimate of drug-likeness (QED) is 0.687. The van der Waals surface area contributed by atoms with Crippen molar-refractivity contribution < 1.29 is 0 Å². The summed E-state index contributed by atoms with van der Waals surface area (Å²) in [6.07, 6.45) is 11.7. The van der Waals surface area contributed by atoms with Crippen molar-refractivity contribution in [3.63, 3.8) is 0 Å². The Morgan fingerprint density at radius 2 is 1.75 bits per heavy atom. The second kappa shape index (κ2) is 3.37. The SMILES string of the molecule is NCCC1(C2CCCC2)CCC1. The maximum absolute atomic E-state index is 5.69. The van der Waals surface area contributed by atoms with E-state index in [1.165, 1.54) is 51.4 Å². The Morgan fingerprint density at radius 3 is 2.17 bits per heavy atom. The molecule has 0 aromatic heterocycles. The molecule has 0 aromatic rings. The minimum absolute atomic E-state index is 0.727. The Labute approximate surface area is 75.7 Å². The van der Waals surface area contributed by atoms with E-state index >= 15 is 0 Å². The van der Waals surface area contributed by atoms with Gasteiger partial charge in [-0.2, -0.15) is 0 Å². The Bertz CT molecular complexity index is 143. The maximum Gasteiger partial charge on any atom is -0.00719 e. The highest BCUT2D eigenvalue weighted by atomic mass is 14.6. The summed E-state index contributed by atoms with van der Waals surface area (Å²) in [5.41, 5.74) is 6.42. The van der Waals surface area contributed by atoms with Crippen molar-refractivity contribution in [3.8, 4) is 0 Å². The van der Waals surface area contributed by atoms with Gasteiger partial charge in [0, 0.05) is 0 Å². The zero-order valence-electron chi connectivity index (χ0n) is 8.02. The minimum atomic E-state index is 0.727. The maximum atomic E-state index is 5.69. The lowest BCUT2D eigenvalue weighted by molar-refractivity contribution is 0.0442. The van der Waals surface area contributed by atoms with Gasteiger partial charge >= 0.3 is 0 Å². The van der Waals surface area contributed by atoms with Crippen molar-refractivity contribution >= 4 is 0 Å². The van der Waals surface area contributed by atoms with E-state index in [1.807, 2.05) is 0 Å². The summed E-state index contributed by atoms with van der Waals surface area (Å²) in [5.74, 6) is 1.05. The summed E-state index contributed by atoms with van der Waals surface area (Å²) in [6, 6.07) is 0. The molecule has 1 heteroatoms. The molecule has 2 fully saturated rings. The van der Waals surface area contributed by atoms with E-state index < -0.39 is 0 Å². The van der Waals surface area contributed by atoms with Crippen LogP contribution in [0.3, 0.4) is 0 Å². The predicted molar refractivity (Wildman–Crippen MR) is 51.9 cm³/mol. The fourth-order valence-electron chi connectivity index (χ4n) is 3.32. The summed E-state index contributed by atoms with van der Waals surface area (Å²) in [7, 11) is 0. The smallest absolute Gasteiger partial charge is 0.00719 e. The lowest BCUT2D eigenvalue weighted by atomic mass is 9.59. The summed E-state index contributed by atoms with van der Waals surface area (Å²) >= 11 is 0. The number of hydrogen-bond acceptors (Lipinski definition) is 1. The Balaban J connectivity index is 1.95. The second-order valence-corrected chi connectivity index (χ2v) is 4.74. The molecule has 0 spiro atoms. The molecule has 12 heavy (non-hydrogen) atoms. The van der Waals surface area contributed by atoms with E-state index in [9.17, 15) is 0 Å². The molecule has 0 radical (unpaired) electrons. The highest BCUT2D eigenvalue weighted by molar-refractivity contribution is 4.95. The van der Waals surface area contributed by atoms with Crippen LogP contribution < -0.4 is 5.73 Å². The van der Waals surface area contributed by atoms with Crippen LogP contribution in [-0.4, -0.2) is 6.54 Å². The average molecular weight is 167 g/mol. The predicted octanol–water partition coefficient (Wildman–Crippen LogP) is 2.70. The first-order chi connectivity index (χ1) is 5.87. The van der Waals surface area contributed by atoms with E-state index in [4.69, 9.17) is 5.73 Å². The van der Waals surface area contributed by atoms with Gasteiger partial charge in [0.25, 0.3) is 0 Å². The molecule has 0 unspecified atom stereocenters. The molecule has 0 aromatic carbocycles. The zero-order chi connectivity index (χ0) is 8.44. The molecular formula is C11H21N. The molecule has 0 saturated heterocycles. The summed E-state index contributed by atoms with van der Waals surface area (Å²) < 4.78 is 0. The third kappa shape index (κ3) is 1.28. The van der Waals surface area contributed by atoms with Gasteiger partial charge in [-0.25, -0.2) is 0 Å². The molecule has 2 N–H and O–H groups in total. The zero-order valence-corrected chi connectivity index (χ0v) is 8.02. The first-order valence-corrected chi connectivity index (χ1v) is 5.57. The monoisotopic (exact) mass is 167 g/mol. The van der Waals surface area contributed by atoms with Gasteiger partial charge in [-0.15, -0.1) is 0 Å². The van der Waals surface area contributed by atoms with Crippen molar-refractivity contribution in [2.24, 2.45) is 17.1 Å². The standard InChI is InChI=1S/C11H21N/c12-9-8-11(6-3-7-11)10-4-1-2-5-10/h10H,1-9,12H2. The van der Waals surface area contributed by atoms with E-state index in [0.717, 1.165) is 17.9 Å². The lowest BCUT2D eigenvalue weighted by Crippen LogP contribution is -2.38. The van der Waals surface area contributed by atoms with Crippen molar-refractivity contribution in [2.75, 3.05) is 6.54 Å². The highest BCUT2D eigenvalue weighted by Gasteiger charge is 2.43. The second-order valence-electron chi connectivity index (χ2n) is 4.74. The van der Waals surface area contributed by atoms with Gasteiger partial charge in [0.05, 0.1) is 0 Å². The number of rotatable bonds is 3. The molecular weight excluding hydrogens is 146 g/mol. The number of hydrogen-bond donors (Lipinski definition) is 1. The van der Waals surface area contributed by atoms with Gasteiger partial charge in [0.2, 0.25) is 0 Å². The van der Waals surface area contributed by atoms with Crippen molar-refractivity contribution in [2.45, 2.75) is 51.4 Å². The van der Waals surface area contributed by atoms with Crippen molar-refractivity contribution in [1.82, 2.24) is 0 Å². The molecule has 0 amide bonds. The Morgan fingerprint density at radius 1 is 1.08 bits per heavy atom. The van der Waals surface area contributed by atoms with Crippen LogP contribution in [0, 0.1) is 11.3 Å². The van der Waals surface area contributed by atoms with Crippen molar-refractivity contribution in [1.29, 1.82) is 0 Å².